The van der Waals surface area contributed by atoms with E-state index >= 15 is 0 Å². The molecule has 0 unspecified atom stereocenters. The summed E-state index contributed by atoms with van der Waals surface area (Å²) in [6, 6.07) is 22.5. The SMILES string of the molecule is [2H]C1(c2ccccc2N(c2cc3c(cc2C2([2H])CCCCC2)C(C)(C)c2ccccc2-3)C(C)(C)C)CCCCC1. The normalized spacial score (nSPS) is 22.1. The second kappa shape index (κ2) is 9.89. The Morgan fingerprint density at radius 1 is 0.658 bits per heavy atom. The Kier molecular flexibility index (Phi) is 6.08. The molecule has 0 atom stereocenters. The molecule has 0 saturated heterocycles. The molecule has 0 heterocycles. The zero-order valence-corrected chi connectivity index (χ0v) is 24.3. The molecule has 0 bridgehead atoms. The Bertz CT molecular complexity index is 1400. The summed E-state index contributed by atoms with van der Waals surface area (Å²) in [7, 11) is 0. The van der Waals surface area contributed by atoms with E-state index in [1.165, 1.54) is 46.3 Å². The lowest BCUT2D eigenvalue weighted by atomic mass is 9.77. The molecule has 0 aromatic heterocycles. The Labute approximate surface area is 234 Å². The third kappa shape index (κ3) is 4.41. The maximum absolute atomic E-state index is 9.94. The largest absolute Gasteiger partial charge is 0.336 e. The summed E-state index contributed by atoms with van der Waals surface area (Å²) in [5, 5.41) is 0. The van der Waals surface area contributed by atoms with Crippen molar-refractivity contribution in [3.63, 3.8) is 0 Å². The smallest absolute Gasteiger partial charge is 0.0457 e. The molecule has 0 amide bonds. The lowest BCUT2D eigenvalue weighted by molar-refractivity contribution is 0.438. The van der Waals surface area contributed by atoms with Crippen LogP contribution in [-0.4, -0.2) is 5.54 Å². The van der Waals surface area contributed by atoms with Crippen LogP contribution in [0.25, 0.3) is 11.1 Å². The van der Waals surface area contributed by atoms with Crippen LogP contribution in [0, 0.1) is 0 Å². The van der Waals surface area contributed by atoms with Crippen molar-refractivity contribution >= 4 is 11.4 Å². The lowest BCUT2D eigenvalue weighted by Gasteiger charge is -2.43. The highest BCUT2D eigenvalue weighted by molar-refractivity contribution is 5.86. The fraction of sp³-hybridized carbons (Fsp3) is 0.514. The fourth-order valence-electron chi connectivity index (χ4n) is 7.52. The number of nitrogens with zero attached hydrogens (tertiary/aromatic N) is 1. The van der Waals surface area contributed by atoms with Crippen molar-refractivity contribution in [3.05, 3.63) is 82.9 Å². The van der Waals surface area contributed by atoms with Crippen LogP contribution in [0.4, 0.5) is 11.4 Å². The molecule has 3 aliphatic carbocycles. The zero-order chi connectivity index (χ0) is 28.3. The van der Waals surface area contributed by atoms with E-state index in [4.69, 9.17) is 0 Å². The summed E-state index contributed by atoms with van der Waals surface area (Å²) in [6.07, 6.45) is 10.6. The molecule has 0 spiro atoms. The van der Waals surface area contributed by atoms with Crippen LogP contribution < -0.4 is 4.90 Å². The summed E-state index contributed by atoms with van der Waals surface area (Å²) < 4.78 is 19.6. The van der Waals surface area contributed by atoms with Crippen molar-refractivity contribution in [2.24, 2.45) is 0 Å². The van der Waals surface area contributed by atoms with Gasteiger partial charge in [0.1, 0.15) is 0 Å². The van der Waals surface area contributed by atoms with Gasteiger partial charge in [-0.15, -0.1) is 0 Å². The Hall–Kier alpha value is -2.54. The highest BCUT2D eigenvalue weighted by Gasteiger charge is 2.39. The molecule has 0 N–H and O–H groups in total. The molecular weight excluding hydrogens is 458 g/mol. The van der Waals surface area contributed by atoms with Gasteiger partial charge in [-0.2, -0.15) is 0 Å². The van der Waals surface area contributed by atoms with Gasteiger partial charge >= 0.3 is 0 Å². The van der Waals surface area contributed by atoms with Crippen molar-refractivity contribution in [1.29, 1.82) is 0 Å². The molecule has 0 radical (unpaired) electrons. The van der Waals surface area contributed by atoms with E-state index in [-0.39, 0.29) is 11.0 Å². The van der Waals surface area contributed by atoms with Gasteiger partial charge in [-0.05, 0) is 104 Å². The summed E-state index contributed by atoms with van der Waals surface area (Å²) in [6.45, 7) is 11.6. The third-order valence-corrected chi connectivity index (χ3v) is 9.43. The minimum Gasteiger partial charge on any atom is -0.336 e. The molecule has 2 saturated carbocycles. The summed E-state index contributed by atoms with van der Waals surface area (Å²) in [5.74, 6) is -1.16. The van der Waals surface area contributed by atoms with Crippen LogP contribution in [0.5, 0.6) is 0 Å². The molecule has 1 heteroatoms. The molecule has 1 nitrogen and oxygen atoms in total. The van der Waals surface area contributed by atoms with Crippen LogP contribution in [-0.2, 0) is 5.41 Å². The minimum absolute atomic E-state index is 0.0952. The molecular formula is C37H47N. The van der Waals surface area contributed by atoms with Crippen LogP contribution >= 0.6 is 0 Å². The molecule has 6 rings (SSSR count). The number of hydrogen-bond acceptors (Lipinski definition) is 1. The number of anilines is 2. The second-order valence-electron chi connectivity index (χ2n) is 13.4. The standard InChI is InChI=1S/C37H47N/c1-36(2,3)38(34-23-15-13-20-28(34)26-16-8-6-9-17-26)35-25-31-29-21-12-14-22-32(29)37(4,5)33(31)24-30(35)27-18-10-7-11-19-27/h12-15,20-27H,6-11,16-19H2,1-5H3/i26D,27D. The zero-order valence-electron chi connectivity index (χ0n) is 26.3. The predicted octanol–water partition coefficient (Wildman–Crippen LogP) is 11.0. The van der Waals surface area contributed by atoms with Gasteiger partial charge < -0.3 is 4.90 Å². The number of fused-ring (bicyclic) bond motifs is 3. The van der Waals surface area contributed by atoms with E-state index in [1.54, 1.807) is 0 Å². The van der Waals surface area contributed by atoms with Gasteiger partial charge in [-0.25, -0.2) is 0 Å². The first-order valence-corrected chi connectivity index (χ1v) is 15.1. The van der Waals surface area contributed by atoms with Crippen LogP contribution in [0.2, 0.25) is 0 Å². The van der Waals surface area contributed by atoms with Gasteiger partial charge in [0.15, 0.2) is 0 Å². The van der Waals surface area contributed by atoms with Crippen molar-refractivity contribution in [3.8, 4) is 11.1 Å². The first-order valence-electron chi connectivity index (χ1n) is 16.1. The predicted molar refractivity (Wildman–Crippen MR) is 164 cm³/mol. The van der Waals surface area contributed by atoms with Gasteiger partial charge in [0.25, 0.3) is 0 Å². The minimum atomic E-state index is -0.602. The summed E-state index contributed by atoms with van der Waals surface area (Å²) in [4.78, 5) is 2.52. The van der Waals surface area contributed by atoms with E-state index in [1.807, 2.05) is 0 Å². The monoisotopic (exact) mass is 507 g/mol. The molecule has 38 heavy (non-hydrogen) atoms. The van der Waals surface area contributed by atoms with Gasteiger partial charge in [-0.1, -0.05) is 101 Å². The molecule has 3 aromatic rings. The van der Waals surface area contributed by atoms with E-state index in [9.17, 15) is 2.74 Å². The lowest BCUT2D eigenvalue weighted by Crippen LogP contribution is -2.39. The van der Waals surface area contributed by atoms with E-state index in [0.717, 1.165) is 62.6 Å². The van der Waals surface area contributed by atoms with Gasteiger partial charge in [0.2, 0.25) is 0 Å². The Balaban J connectivity index is 1.64. The van der Waals surface area contributed by atoms with E-state index < -0.39 is 11.8 Å². The molecule has 2 fully saturated rings. The topological polar surface area (TPSA) is 3.24 Å². The van der Waals surface area contributed by atoms with Gasteiger partial charge in [0.05, 0.1) is 0 Å². The Morgan fingerprint density at radius 3 is 1.89 bits per heavy atom. The Morgan fingerprint density at radius 2 is 1.24 bits per heavy atom. The quantitative estimate of drug-likeness (QED) is 0.339. The maximum Gasteiger partial charge on any atom is 0.0457 e. The summed E-state index contributed by atoms with van der Waals surface area (Å²) >= 11 is 0. The highest BCUT2D eigenvalue weighted by atomic mass is 15.2. The first kappa shape index (κ1) is 23.4. The number of para-hydroxylation sites is 1. The van der Waals surface area contributed by atoms with E-state index in [0.29, 0.717) is 0 Å². The first-order chi connectivity index (χ1) is 19.0. The highest BCUT2D eigenvalue weighted by Crippen LogP contribution is 2.54. The fourth-order valence-corrected chi connectivity index (χ4v) is 7.52. The van der Waals surface area contributed by atoms with Crippen LogP contribution in [0.1, 0.15) is 136 Å². The van der Waals surface area contributed by atoms with Crippen LogP contribution in [0.3, 0.4) is 0 Å². The molecule has 3 aromatic carbocycles. The number of hydrogen-bond donors (Lipinski definition) is 0. The van der Waals surface area contributed by atoms with Crippen molar-refractivity contribution in [2.75, 3.05) is 4.90 Å². The number of rotatable bonds is 4. The van der Waals surface area contributed by atoms with Crippen molar-refractivity contribution in [2.45, 2.75) is 122 Å². The molecule has 200 valence electrons. The van der Waals surface area contributed by atoms with Gasteiger partial charge in [-0.3, -0.25) is 0 Å². The van der Waals surface area contributed by atoms with Gasteiger partial charge in [0, 0.05) is 25.1 Å². The average molecular weight is 508 g/mol. The summed E-state index contributed by atoms with van der Waals surface area (Å²) in [5.41, 5.74) is 9.69. The van der Waals surface area contributed by atoms with E-state index in [2.05, 4.69) is 100 Å². The van der Waals surface area contributed by atoms with Crippen molar-refractivity contribution in [1.82, 2.24) is 0 Å². The number of benzene rings is 3. The van der Waals surface area contributed by atoms with Crippen molar-refractivity contribution < 1.29 is 2.74 Å². The maximum atomic E-state index is 9.94. The average Bonchev–Trinajstić information content (AvgIpc) is 3.15. The molecule has 0 aliphatic heterocycles. The molecule has 3 aliphatic rings. The third-order valence-electron chi connectivity index (χ3n) is 9.43. The van der Waals surface area contributed by atoms with Crippen LogP contribution in [0.15, 0.2) is 60.7 Å². The second-order valence-corrected chi connectivity index (χ2v) is 13.4.